The molecule has 1 fully saturated rings. The van der Waals surface area contributed by atoms with Gasteiger partial charge in [-0.1, -0.05) is 0 Å². The van der Waals surface area contributed by atoms with Crippen molar-refractivity contribution in [1.82, 2.24) is 20.5 Å². The topological polar surface area (TPSA) is 138 Å². The molecule has 2 aromatic rings. The summed E-state index contributed by atoms with van der Waals surface area (Å²) in [6, 6.07) is 3.82. The summed E-state index contributed by atoms with van der Waals surface area (Å²) in [4.78, 5) is 16.1. The van der Waals surface area contributed by atoms with Crippen LogP contribution in [0.15, 0.2) is 18.3 Å². The van der Waals surface area contributed by atoms with Crippen LogP contribution >= 0.6 is 0 Å². The van der Waals surface area contributed by atoms with E-state index in [1.54, 1.807) is 0 Å². The molecule has 11 heteroatoms. The minimum atomic E-state index is -3.26. The van der Waals surface area contributed by atoms with Crippen molar-refractivity contribution in [3.8, 4) is 0 Å². The van der Waals surface area contributed by atoms with Crippen molar-refractivity contribution >= 4 is 33.4 Å². The predicted molar refractivity (Wildman–Crippen MR) is 112 cm³/mol. The van der Waals surface area contributed by atoms with E-state index in [0.29, 0.717) is 23.7 Å². The lowest BCUT2D eigenvalue weighted by molar-refractivity contribution is 0.0981. The van der Waals surface area contributed by atoms with Gasteiger partial charge in [0.25, 0.3) is 0 Å². The van der Waals surface area contributed by atoms with E-state index < -0.39 is 10.0 Å². The Kier molecular flexibility index (Phi) is 5.54. The number of hydrogen-bond acceptors (Lipinski definition) is 7. The average molecular weight is 435 g/mol. The van der Waals surface area contributed by atoms with Crippen molar-refractivity contribution in [3.63, 3.8) is 0 Å². The lowest BCUT2D eigenvalue weighted by Crippen LogP contribution is -2.33. The van der Waals surface area contributed by atoms with Gasteiger partial charge in [-0.25, -0.2) is 18.2 Å². The highest BCUT2D eigenvalue weighted by molar-refractivity contribution is 7.92. The van der Waals surface area contributed by atoms with Crippen molar-refractivity contribution in [1.29, 1.82) is 0 Å². The van der Waals surface area contributed by atoms with Crippen molar-refractivity contribution in [2.24, 2.45) is 0 Å². The minimum absolute atomic E-state index is 0.0494. The summed E-state index contributed by atoms with van der Waals surface area (Å²) in [5.74, 6) is 1.55. The molecule has 0 saturated heterocycles. The van der Waals surface area contributed by atoms with Crippen LogP contribution in [-0.4, -0.2) is 47.6 Å². The largest absolute Gasteiger partial charge is 0.446 e. The summed E-state index contributed by atoms with van der Waals surface area (Å²) >= 11 is 0. The van der Waals surface area contributed by atoms with Crippen LogP contribution in [0.25, 0.3) is 0 Å². The Morgan fingerprint density at radius 3 is 2.90 bits per heavy atom. The van der Waals surface area contributed by atoms with Gasteiger partial charge in [-0.2, -0.15) is 5.10 Å². The van der Waals surface area contributed by atoms with Crippen LogP contribution in [0.5, 0.6) is 0 Å². The second-order valence-electron chi connectivity index (χ2n) is 8.07. The summed E-state index contributed by atoms with van der Waals surface area (Å²) in [6.45, 7) is 3.79. The molecule has 1 amide bonds. The Hall–Kier alpha value is -2.82. The van der Waals surface area contributed by atoms with Crippen molar-refractivity contribution in [3.05, 3.63) is 29.6 Å². The lowest BCUT2D eigenvalue weighted by atomic mass is 10.0. The first-order valence-electron chi connectivity index (χ1n) is 10.1. The molecule has 0 spiro atoms. The van der Waals surface area contributed by atoms with E-state index in [2.05, 4.69) is 30.5 Å². The van der Waals surface area contributed by atoms with Gasteiger partial charge in [-0.05, 0) is 51.2 Å². The fourth-order valence-electron chi connectivity index (χ4n) is 3.82. The van der Waals surface area contributed by atoms with Crippen LogP contribution in [0, 0.1) is 0 Å². The van der Waals surface area contributed by atoms with Gasteiger partial charge in [0.1, 0.15) is 11.9 Å². The van der Waals surface area contributed by atoms with Gasteiger partial charge in [0.05, 0.1) is 17.6 Å². The Bertz CT molecular complexity index is 1040. The molecule has 1 aliphatic carbocycles. The lowest BCUT2D eigenvalue weighted by Gasteiger charge is -2.18. The number of aryl methyl sites for hydroxylation is 1. The quantitative estimate of drug-likeness (QED) is 0.567. The summed E-state index contributed by atoms with van der Waals surface area (Å²) in [5.41, 5.74) is 2.40. The molecule has 0 aromatic carbocycles. The van der Waals surface area contributed by atoms with Gasteiger partial charge >= 0.3 is 6.09 Å². The van der Waals surface area contributed by atoms with Crippen molar-refractivity contribution < 1.29 is 17.9 Å². The van der Waals surface area contributed by atoms with Crippen LogP contribution in [0.1, 0.15) is 50.3 Å². The van der Waals surface area contributed by atoms with E-state index in [4.69, 9.17) is 4.74 Å². The number of fused-ring (bicyclic) bond motifs is 1. The summed E-state index contributed by atoms with van der Waals surface area (Å²) in [6.07, 6.45) is 3.98. The summed E-state index contributed by atoms with van der Waals surface area (Å²) < 4.78 is 31.3. The maximum Gasteiger partial charge on any atom is 0.407 e. The highest BCUT2D eigenvalue weighted by atomic mass is 32.2. The molecule has 4 N–H and O–H groups in total. The average Bonchev–Trinajstić information content (AvgIpc) is 3.30. The molecule has 4 rings (SSSR count). The van der Waals surface area contributed by atoms with E-state index in [-0.39, 0.29) is 29.9 Å². The molecular weight excluding hydrogens is 408 g/mol. The van der Waals surface area contributed by atoms with Gasteiger partial charge in [0.15, 0.2) is 5.82 Å². The predicted octanol–water partition coefficient (Wildman–Crippen LogP) is 2.62. The maximum atomic E-state index is 11.8. The number of aromatic nitrogens is 3. The second kappa shape index (κ2) is 8.13. The molecule has 0 bridgehead atoms. The molecule has 1 aliphatic heterocycles. The fourth-order valence-corrected chi connectivity index (χ4v) is 4.93. The fraction of sp³-hybridized carbons (Fsp3) is 0.526. The van der Waals surface area contributed by atoms with Gasteiger partial charge in [0.2, 0.25) is 10.0 Å². The Morgan fingerprint density at radius 1 is 1.27 bits per heavy atom. The molecule has 1 saturated carbocycles. The number of H-pyrrole nitrogens is 1. The number of carbonyl (C=O) groups excluding carboxylic acids is 1. The van der Waals surface area contributed by atoms with Crippen molar-refractivity contribution in [2.75, 3.05) is 15.8 Å². The zero-order valence-corrected chi connectivity index (χ0v) is 17.8. The van der Waals surface area contributed by atoms with Gasteiger partial charge < -0.3 is 15.4 Å². The van der Waals surface area contributed by atoms with Gasteiger partial charge in [0, 0.05) is 23.7 Å². The zero-order valence-electron chi connectivity index (χ0n) is 16.9. The molecule has 3 heterocycles. The first-order chi connectivity index (χ1) is 14.3. The second-order valence-corrected chi connectivity index (χ2v) is 9.91. The standard InChI is InChI=1S/C19H26N6O4S/c1-11(2)21-19(26)29-14-4-3-12(7-14)15-9-18(24-23-15)22-17-8-13-5-6-30(27,28)25-16(13)10-20-17/h8-12,14,25H,3-7H2,1-2H3,(H,21,26)(H2,20,22,23,24)/t12-,14+/m0/s1. The number of ether oxygens (including phenoxy) is 1. The van der Waals surface area contributed by atoms with E-state index >= 15 is 0 Å². The van der Waals surface area contributed by atoms with Crippen LogP contribution in [0.2, 0.25) is 0 Å². The molecule has 0 unspecified atom stereocenters. The number of sulfonamides is 1. The number of pyridine rings is 1. The smallest absolute Gasteiger partial charge is 0.407 e. The third kappa shape index (κ3) is 4.84. The number of nitrogens with zero attached hydrogens (tertiary/aromatic N) is 2. The van der Waals surface area contributed by atoms with Crippen molar-refractivity contribution in [2.45, 2.75) is 57.6 Å². The normalized spacial score (nSPS) is 22.2. The number of amides is 1. The molecule has 2 aliphatic rings. The van der Waals surface area contributed by atoms with Gasteiger partial charge in [-0.3, -0.25) is 9.82 Å². The number of alkyl carbamates (subject to hydrolysis) is 1. The minimum Gasteiger partial charge on any atom is -0.446 e. The first-order valence-corrected chi connectivity index (χ1v) is 11.7. The van der Waals surface area contributed by atoms with Crippen LogP contribution in [-0.2, 0) is 21.2 Å². The monoisotopic (exact) mass is 434 g/mol. The zero-order chi connectivity index (χ0) is 21.3. The van der Waals surface area contributed by atoms with Crippen LogP contribution < -0.4 is 15.4 Å². The van der Waals surface area contributed by atoms with Gasteiger partial charge in [-0.15, -0.1) is 0 Å². The molecule has 30 heavy (non-hydrogen) atoms. The van der Waals surface area contributed by atoms with Crippen LogP contribution in [0.4, 0.5) is 22.1 Å². The Balaban J connectivity index is 1.36. The van der Waals surface area contributed by atoms with E-state index in [1.807, 2.05) is 26.0 Å². The SMILES string of the molecule is CC(C)NC(=O)O[C@@H]1CC[C@H](c2cc(Nc3cc4c(cn3)NS(=O)(=O)CC4)n[nH]2)C1. The van der Waals surface area contributed by atoms with E-state index in [1.165, 1.54) is 6.20 Å². The number of carbonyl (C=O) groups is 1. The molecular formula is C19H26N6O4S. The highest BCUT2D eigenvalue weighted by Crippen LogP contribution is 2.36. The van der Waals surface area contributed by atoms with E-state index in [9.17, 15) is 13.2 Å². The third-order valence-electron chi connectivity index (χ3n) is 5.25. The number of hydrogen-bond donors (Lipinski definition) is 4. The molecule has 0 radical (unpaired) electrons. The van der Waals surface area contributed by atoms with Crippen LogP contribution in [0.3, 0.4) is 0 Å². The molecule has 2 aromatic heterocycles. The number of nitrogens with one attached hydrogen (secondary N) is 4. The highest BCUT2D eigenvalue weighted by Gasteiger charge is 2.30. The summed E-state index contributed by atoms with van der Waals surface area (Å²) in [5, 5.41) is 13.3. The first kappa shape index (κ1) is 20.5. The van der Waals surface area contributed by atoms with E-state index in [0.717, 1.165) is 30.5 Å². The molecule has 162 valence electrons. The molecule has 2 atom stereocenters. The number of rotatable bonds is 5. The Labute approximate surface area is 175 Å². The number of aromatic amines is 1. The maximum absolute atomic E-state index is 11.8. The Morgan fingerprint density at radius 2 is 2.10 bits per heavy atom. The third-order valence-corrected chi connectivity index (χ3v) is 6.53. The summed E-state index contributed by atoms with van der Waals surface area (Å²) in [7, 11) is -3.26. The number of anilines is 3. The molecule has 10 nitrogen and oxygen atoms in total.